The molecule has 0 N–H and O–H groups in total. The molecule has 0 bridgehead atoms. The maximum atomic E-state index is 2.22. The molecular weight excluding hydrogens is 352 g/mol. The Morgan fingerprint density at radius 3 is 1.38 bits per heavy atom. The molecule has 0 fully saturated rings. The van der Waals surface area contributed by atoms with Crippen molar-refractivity contribution in [3.63, 3.8) is 0 Å². The van der Waals surface area contributed by atoms with Gasteiger partial charge in [0.15, 0.2) is 0 Å². The van der Waals surface area contributed by atoms with E-state index in [1.54, 1.807) is 11.8 Å². The minimum atomic E-state index is 0. The van der Waals surface area contributed by atoms with E-state index in [4.69, 9.17) is 0 Å². The molecule has 0 unspecified atom stereocenters. The quantitative estimate of drug-likeness (QED) is 0.362. The number of hydrogen-bond acceptors (Lipinski definition) is 1. The van der Waals surface area contributed by atoms with Gasteiger partial charge < -0.3 is 0 Å². The fourth-order valence-corrected chi connectivity index (χ4v) is 3.77. The Balaban J connectivity index is 0.00000196. The molecule has 0 saturated heterocycles. The third kappa shape index (κ3) is 4.21. The van der Waals surface area contributed by atoms with Crippen molar-refractivity contribution in [1.82, 2.24) is 0 Å². The SMILES string of the molecule is S.c1ccc(Sc2ccc(-c3ccccc3-c3ccccc3)cc2)cc1. The zero-order chi connectivity index (χ0) is 16.9. The van der Waals surface area contributed by atoms with E-state index in [1.807, 2.05) is 6.07 Å². The van der Waals surface area contributed by atoms with Crippen molar-refractivity contribution in [2.75, 3.05) is 0 Å². The lowest BCUT2D eigenvalue weighted by atomic mass is 9.95. The van der Waals surface area contributed by atoms with Crippen LogP contribution in [0.4, 0.5) is 0 Å². The highest BCUT2D eigenvalue weighted by Gasteiger charge is 2.07. The van der Waals surface area contributed by atoms with Gasteiger partial charge in [-0.3, -0.25) is 0 Å². The molecule has 0 amide bonds. The van der Waals surface area contributed by atoms with Gasteiger partial charge in [-0.05, 0) is 46.5 Å². The molecule has 4 aromatic rings. The zero-order valence-corrected chi connectivity index (χ0v) is 16.1. The Bertz CT molecular complexity index is 946. The predicted molar refractivity (Wildman–Crippen MR) is 118 cm³/mol. The number of hydrogen-bond donors (Lipinski definition) is 0. The second-order valence-corrected chi connectivity index (χ2v) is 7.00. The Morgan fingerprint density at radius 1 is 0.385 bits per heavy atom. The van der Waals surface area contributed by atoms with Gasteiger partial charge in [-0.15, -0.1) is 0 Å². The summed E-state index contributed by atoms with van der Waals surface area (Å²) in [5.41, 5.74) is 5.04. The molecule has 26 heavy (non-hydrogen) atoms. The van der Waals surface area contributed by atoms with Crippen molar-refractivity contribution >= 4 is 25.3 Å². The second-order valence-electron chi connectivity index (χ2n) is 5.85. The molecule has 0 heterocycles. The molecule has 0 aromatic heterocycles. The summed E-state index contributed by atoms with van der Waals surface area (Å²) in [6.07, 6.45) is 0. The summed E-state index contributed by atoms with van der Waals surface area (Å²) < 4.78 is 0. The number of rotatable bonds is 4. The van der Waals surface area contributed by atoms with Crippen LogP contribution in [-0.4, -0.2) is 0 Å². The van der Waals surface area contributed by atoms with E-state index in [1.165, 1.54) is 32.0 Å². The Labute approximate surface area is 166 Å². The van der Waals surface area contributed by atoms with E-state index in [0.717, 1.165) is 0 Å². The van der Waals surface area contributed by atoms with Gasteiger partial charge in [0, 0.05) is 9.79 Å². The number of benzene rings is 4. The Kier molecular flexibility index (Phi) is 6.21. The Hall–Kier alpha value is -2.42. The van der Waals surface area contributed by atoms with Gasteiger partial charge in [-0.2, -0.15) is 13.5 Å². The van der Waals surface area contributed by atoms with Gasteiger partial charge in [0.2, 0.25) is 0 Å². The topological polar surface area (TPSA) is 0 Å². The van der Waals surface area contributed by atoms with Crippen LogP contribution in [0, 0.1) is 0 Å². The van der Waals surface area contributed by atoms with Crippen LogP contribution in [0.2, 0.25) is 0 Å². The average Bonchev–Trinajstić information content (AvgIpc) is 2.70. The Morgan fingerprint density at radius 2 is 0.808 bits per heavy atom. The summed E-state index contributed by atoms with van der Waals surface area (Å²) in [6, 6.07) is 38.5. The molecular formula is C24H20S2. The van der Waals surface area contributed by atoms with E-state index in [-0.39, 0.29) is 13.5 Å². The van der Waals surface area contributed by atoms with Gasteiger partial charge in [-0.25, -0.2) is 0 Å². The van der Waals surface area contributed by atoms with Crippen LogP contribution in [0.15, 0.2) is 119 Å². The molecule has 0 saturated carbocycles. The third-order valence-electron chi connectivity index (χ3n) is 4.16. The van der Waals surface area contributed by atoms with Gasteiger partial charge in [0.05, 0.1) is 0 Å². The lowest BCUT2D eigenvalue weighted by molar-refractivity contribution is 1.40. The molecule has 0 aliphatic heterocycles. The van der Waals surface area contributed by atoms with Gasteiger partial charge in [0.25, 0.3) is 0 Å². The van der Waals surface area contributed by atoms with Crippen LogP contribution >= 0.6 is 25.3 Å². The molecule has 0 radical (unpaired) electrons. The van der Waals surface area contributed by atoms with Crippen LogP contribution < -0.4 is 0 Å². The fourth-order valence-electron chi connectivity index (χ4n) is 2.93. The van der Waals surface area contributed by atoms with Crippen LogP contribution in [0.5, 0.6) is 0 Å². The maximum Gasteiger partial charge on any atom is 0.0122 e. The minimum absolute atomic E-state index is 0. The average molecular weight is 373 g/mol. The van der Waals surface area contributed by atoms with Gasteiger partial charge >= 0.3 is 0 Å². The van der Waals surface area contributed by atoms with Gasteiger partial charge in [-0.1, -0.05) is 96.7 Å². The molecule has 4 rings (SSSR count). The van der Waals surface area contributed by atoms with E-state index in [9.17, 15) is 0 Å². The second kappa shape index (κ2) is 8.79. The van der Waals surface area contributed by atoms with Crippen molar-refractivity contribution in [2.45, 2.75) is 9.79 Å². The van der Waals surface area contributed by atoms with Crippen molar-refractivity contribution in [2.24, 2.45) is 0 Å². The summed E-state index contributed by atoms with van der Waals surface area (Å²) in [4.78, 5) is 2.52. The molecule has 0 spiro atoms. The van der Waals surface area contributed by atoms with E-state index in [0.29, 0.717) is 0 Å². The minimum Gasteiger partial charge on any atom is -0.197 e. The predicted octanol–water partition coefficient (Wildman–Crippen LogP) is 7.28. The molecule has 0 nitrogen and oxygen atoms in total. The van der Waals surface area contributed by atoms with Crippen molar-refractivity contribution < 1.29 is 0 Å². The highest BCUT2D eigenvalue weighted by molar-refractivity contribution is 7.99. The van der Waals surface area contributed by atoms with Crippen LogP contribution in [0.25, 0.3) is 22.3 Å². The van der Waals surface area contributed by atoms with Crippen LogP contribution in [0.3, 0.4) is 0 Å². The van der Waals surface area contributed by atoms with E-state index < -0.39 is 0 Å². The van der Waals surface area contributed by atoms with E-state index in [2.05, 4.69) is 103 Å². The first-order chi connectivity index (χ1) is 12.4. The van der Waals surface area contributed by atoms with Crippen molar-refractivity contribution in [1.29, 1.82) is 0 Å². The first-order valence-corrected chi connectivity index (χ1v) is 9.19. The maximum absolute atomic E-state index is 2.22. The van der Waals surface area contributed by atoms with E-state index >= 15 is 0 Å². The molecule has 4 aromatic carbocycles. The molecule has 128 valence electrons. The highest BCUT2D eigenvalue weighted by Crippen LogP contribution is 2.34. The summed E-state index contributed by atoms with van der Waals surface area (Å²) in [5, 5.41) is 0. The molecule has 0 atom stereocenters. The monoisotopic (exact) mass is 372 g/mol. The van der Waals surface area contributed by atoms with Crippen molar-refractivity contribution in [3.05, 3.63) is 109 Å². The highest BCUT2D eigenvalue weighted by atomic mass is 32.2. The summed E-state index contributed by atoms with van der Waals surface area (Å²) in [6.45, 7) is 0. The third-order valence-corrected chi connectivity index (χ3v) is 5.17. The molecule has 0 aliphatic rings. The van der Waals surface area contributed by atoms with Crippen LogP contribution in [-0.2, 0) is 0 Å². The first kappa shape index (κ1) is 18.4. The first-order valence-electron chi connectivity index (χ1n) is 8.38. The fraction of sp³-hybridized carbons (Fsp3) is 0. The zero-order valence-electron chi connectivity index (χ0n) is 14.3. The molecule has 0 aliphatic carbocycles. The lowest BCUT2D eigenvalue weighted by Crippen LogP contribution is -1.85. The van der Waals surface area contributed by atoms with Crippen molar-refractivity contribution in [3.8, 4) is 22.3 Å². The smallest absolute Gasteiger partial charge is 0.0122 e. The molecule has 2 heteroatoms. The normalized spacial score (nSPS) is 10.2. The summed E-state index contributed by atoms with van der Waals surface area (Å²) in [5.74, 6) is 0. The standard InChI is InChI=1S/C24H18S.H2S/c1-3-9-19(10-4-1)23-13-7-8-14-24(23)20-15-17-22(18-16-20)25-21-11-5-2-6-12-21;/h1-18H;1H2. The summed E-state index contributed by atoms with van der Waals surface area (Å²) in [7, 11) is 0. The lowest BCUT2D eigenvalue weighted by Gasteiger charge is -2.11. The largest absolute Gasteiger partial charge is 0.197 e. The van der Waals surface area contributed by atoms with Gasteiger partial charge in [0.1, 0.15) is 0 Å². The summed E-state index contributed by atoms with van der Waals surface area (Å²) >= 11 is 1.79. The van der Waals surface area contributed by atoms with Crippen LogP contribution in [0.1, 0.15) is 0 Å².